The molecule has 2 heterocycles. The number of hydrogen-bond acceptors (Lipinski definition) is 5. The standard InChI is InChI=1S/C13H20N4O2/c1-3-19-13-10(14)5-6-11(16-13)15-9-4-7-12(18)17(2)8-9/h5-6,9H,3-4,7-8,14H2,1-2H3,(H,15,16). The van der Waals surface area contributed by atoms with E-state index in [1.165, 1.54) is 0 Å². The van der Waals surface area contributed by atoms with Crippen molar-refractivity contribution < 1.29 is 9.53 Å². The number of anilines is 2. The molecule has 1 saturated heterocycles. The lowest BCUT2D eigenvalue weighted by Crippen LogP contribution is -2.43. The Balaban J connectivity index is 2.03. The maximum absolute atomic E-state index is 11.4. The molecule has 0 bridgehead atoms. The molecule has 104 valence electrons. The van der Waals surface area contributed by atoms with Gasteiger partial charge >= 0.3 is 0 Å². The van der Waals surface area contributed by atoms with Crippen molar-refractivity contribution in [3.05, 3.63) is 12.1 Å². The van der Waals surface area contributed by atoms with Crippen LogP contribution in [-0.4, -0.2) is 42.0 Å². The predicted molar refractivity (Wildman–Crippen MR) is 74.1 cm³/mol. The number of nitrogens with one attached hydrogen (secondary N) is 1. The molecule has 0 radical (unpaired) electrons. The Kier molecular flexibility index (Phi) is 4.09. The number of carbonyl (C=O) groups excluding carboxylic acids is 1. The van der Waals surface area contributed by atoms with E-state index in [1.54, 1.807) is 11.0 Å². The topological polar surface area (TPSA) is 80.5 Å². The summed E-state index contributed by atoms with van der Waals surface area (Å²) in [4.78, 5) is 17.5. The summed E-state index contributed by atoms with van der Waals surface area (Å²) >= 11 is 0. The van der Waals surface area contributed by atoms with Gasteiger partial charge in [-0.1, -0.05) is 0 Å². The van der Waals surface area contributed by atoms with Crippen LogP contribution in [0.5, 0.6) is 5.88 Å². The molecule has 2 rings (SSSR count). The molecule has 1 amide bonds. The summed E-state index contributed by atoms with van der Waals surface area (Å²) in [6, 6.07) is 3.82. The number of likely N-dealkylation sites (N-methyl/N-ethyl adjacent to an activating group) is 1. The second kappa shape index (κ2) is 5.77. The van der Waals surface area contributed by atoms with Crippen molar-refractivity contribution in [2.24, 2.45) is 0 Å². The fourth-order valence-corrected chi connectivity index (χ4v) is 2.12. The molecule has 1 fully saturated rings. The highest BCUT2D eigenvalue weighted by Gasteiger charge is 2.23. The molecule has 19 heavy (non-hydrogen) atoms. The van der Waals surface area contributed by atoms with Crippen LogP contribution in [0.3, 0.4) is 0 Å². The number of piperidine rings is 1. The number of rotatable bonds is 4. The van der Waals surface area contributed by atoms with Gasteiger partial charge in [0.25, 0.3) is 0 Å². The van der Waals surface area contributed by atoms with Crippen LogP contribution in [0.25, 0.3) is 0 Å². The van der Waals surface area contributed by atoms with Crippen LogP contribution in [0.2, 0.25) is 0 Å². The molecule has 0 aromatic carbocycles. The van der Waals surface area contributed by atoms with Crippen molar-refractivity contribution in [3.8, 4) is 5.88 Å². The number of amides is 1. The van der Waals surface area contributed by atoms with Crippen molar-refractivity contribution in [1.29, 1.82) is 0 Å². The van der Waals surface area contributed by atoms with E-state index in [4.69, 9.17) is 10.5 Å². The monoisotopic (exact) mass is 264 g/mol. The van der Waals surface area contributed by atoms with E-state index >= 15 is 0 Å². The Hall–Kier alpha value is -1.98. The normalized spacial score (nSPS) is 19.4. The Labute approximate surface area is 112 Å². The van der Waals surface area contributed by atoms with Crippen molar-refractivity contribution in [2.75, 3.05) is 31.2 Å². The van der Waals surface area contributed by atoms with Crippen LogP contribution in [0.4, 0.5) is 11.5 Å². The molecule has 3 N–H and O–H groups in total. The average molecular weight is 264 g/mol. The molecule has 1 unspecified atom stereocenters. The van der Waals surface area contributed by atoms with Gasteiger partial charge in [-0.3, -0.25) is 4.79 Å². The highest BCUT2D eigenvalue weighted by Crippen LogP contribution is 2.22. The van der Waals surface area contributed by atoms with Crippen LogP contribution < -0.4 is 15.8 Å². The lowest BCUT2D eigenvalue weighted by Gasteiger charge is -2.30. The number of nitrogens with zero attached hydrogens (tertiary/aromatic N) is 2. The largest absolute Gasteiger partial charge is 0.476 e. The van der Waals surface area contributed by atoms with Gasteiger partial charge in [-0.05, 0) is 25.5 Å². The van der Waals surface area contributed by atoms with Gasteiger partial charge in [0.05, 0.1) is 12.3 Å². The minimum absolute atomic E-state index is 0.193. The summed E-state index contributed by atoms with van der Waals surface area (Å²) < 4.78 is 5.36. The minimum Gasteiger partial charge on any atom is -0.476 e. The van der Waals surface area contributed by atoms with Crippen molar-refractivity contribution in [1.82, 2.24) is 9.88 Å². The maximum atomic E-state index is 11.4. The zero-order valence-electron chi connectivity index (χ0n) is 11.3. The minimum atomic E-state index is 0.193. The Bertz CT molecular complexity index is 464. The van der Waals surface area contributed by atoms with Gasteiger partial charge in [-0.25, -0.2) is 0 Å². The van der Waals surface area contributed by atoms with E-state index in [2.05, 4.69) is 10.3 Å². The number of nitrogen functional groups attached to an aromatic ring is 1. The van der Waals surface area contributed by atoms with Crippen LogP contribution >= 0.6 is 0 Å². The summed E-state index contributed by atoms with van der Waals surface area (Å²) in [6.07, 6.45) is 1.39. The lowest BCUT2D eigenvalue weighted by molar-refractivity contribution is -0.132. The molecular weight excluding hydrogens is 244 g/mol. The van der Waals surface area contributed by atoms with Crippen LogP contribution in [0.1, 0.15) is 19.8 Å². The van der Waals surface area contributed by atoms with E-state index in [9.17, 15) is 4.79 Å². The molecular formula is C13H20N4O2. The smallest absolute Gasteiger partial charge is 0.239 e. The predicted octanol–water partition coefficient (Wildman–Crippen LogP) is 1.10. The zero-order valence-corrected chi connectivity index (χ0v) is 11.3. The third kappa shape index (κ3) is 3.27. The third-order valence-corrected chi connectivity index (χ3v) is 3.15. The molecule has 1 atom stereocenters. The lowest BCUT2D eigenvalue weighted by atomic mass is 10.1. The number of nitrogens with two attached hydrogens (primary N) is 1. The quantitative estimate of drug-likeness (QED) is 0.851. The molecule has 0 spiro atoms. The van der Waals surface area contributed by atoms with Gasteiger partial charge in [0.2, 0.25) is 11.8 Å². The first-order valence-electron chi connectivity index (χ1n) is 6.50. The second-order valence-electron chi connectivity index (χ2n) is 4.68. The van der Waals surface area contributed by atoms with Gasteiger partial charge in [-0.15, -0.1) is 0 Å². The highest BCUT2D eigenvalue weighted by molar-refractivity contribution is 5.77. The Morgan fingerprint density at radius 1 is 1.58 bits per heavy atom. The summed E-state index contributed by atoms with van der Waals surface area (Å²) in [7, 11) is 1.82. The van der Waals surface area contributed by atoms with Crippen molar-refractivity contribution in [2.45, 2.75) is 25.8 Å². The molecule has 1 aliphatic rings. The highest BCUT2D eigenvalue weighted by atomic mass is 16.5. The average Bonchev–Trinajstić information content (AvgIpc) is 2.38. The number of ether oxygens (including phenoxy) is 1. The Morgan fingerprint density at radius 3 is 3.05 bits per heavy atom. The van der Waals surface area contributed by atoms with Crippen molar-refractivity contribution in [3.63, 3.8) is 0 Å². The molecule has 1 aromatic rings. The van der Waals surface area contributed by atoms with E-state index < -0.39 is 0 Å². The van der Waals surface area contributed by atoms with E-state index in [1.807, 2.05) is 20.0 Å². The van der Waals surface area contributed by atoms with Gasteiger partial charge in [-0.2, -0.15) is 4.98 Å². The van der Waals surface area contributed by atoms with Crippen LogP contribution in [0, 0.1) is 0 Å². The van der Waals surface area contributed by atoms with Gasteiger partial charge in [0, 0.05) is 26.1 Å². The van der Waals surface area contributed by atoms with Gasteiger partial charge in [0.15, 0.2) is 0 Å². The number of carbonyl (C=O) groups is 1. The SMILES string of the molecule is CCOc1nc(NC2CCC(=O)N(C)C2)ccc1N. The first kappa shape index (κ1) is 13.5. The molecule has 0 aliphatic carbocycles. The maximum Gasteiger partial charge on any atom is 0.239 e. The fourth-order valence-electron chi connectivity index (χ4n) is 2.12. The molecule has 6 nitrogen and oxygen atoms in total. The first-order valence-corrected chi connectivity index (χ1v) is 6.50. The van der Waals surface area contributed by atoms with Crippen LogP contribution in [0.15, 0.2) is 12.1 Å². The summed E-state index contributed by atoms with van der Waals surface area (Å²) in [5.41, 5.74) is 6.31. The second-order valence-corrected chi connectivity index (χ2v) is 4.68. The molecule has 6 heteroatoms. The number of aromatic nitrogens is 1. The van der Waals surface area contributed by atoms with E-state index in [0.717, 1.165) is 12.2 Å². The van der Waals surface area contributed by atoms with Crippen LogP contribution in [-0.2, 0) is 4.79 Å². The van der Waals surface area contributed by atoms with Gasteiger partial charge < -0.3 is 20.7 Å². The molecule has 0 saturated carbocycles. The first-order chi connectivity index (χ1) is 9.10. The molecule has 1 aromatic heterocycles. The zero-order chi connectivity index (χ0) is 13.8. The number of pyridine rings is 1. The summed E-state index contributed by atoms with van der Waals surface area (Å²) in [5.74, 6) is 1.37. The Morgan fingerprint density at radius 2 is 2.37 bits per heavy atom. The summed E-state index contributed by atoms with van der Waals surface area (Å²) in [6.45, 7) is 3.11. The number of hydrogen-bond donors (Lipinski definition) is 2. The third-order valence-electron chi connectivity index (χ3n) is 3.15. The van der Waals surface area contributed by atoms with E-state index in [0.29, 0.717) is 31.1 Å². The number of likely N-dealkylation sites (tertiary alicyclic amines) is 1. The van der Waals surface area contributed by atoms with Gasteiger partial charge in [0.1, 0.15) is 5.82 Å². The van der Waals surface area contributed by atoms with E-state index in [-0.39, 0.29) is 11.9 Å². The molecule has 1 aliphatic heterocycles. The fraction of sp³-hybridized carbons (Fsp3) is 0.538. The van der Waals surface area contributed by atoms with Crippen molar-refractivity contribution >= 4 is 17.4 Å². The summed E-state index contributed by atoms with van der Waals surface area (Å²) in [5, 5.41) is 3.32.